The Morgan fingerprint density at radius 1 is 1.38 bits per heavy atom. The molecule has 0 aliphatic carbocycles. The van der Waals surface area contributed by atoms with Gasteiger partial charge in [-0.05, 0) is 30.8 Å². The number of hydrogen-bond acceptors (Lipinski definition) is 2. The summed E-state index contributed by atoms with van der Waals surface area (Å²) in [5.41, 5.74) is 1.69. The molecule has 84 valence electrons. The van der Waals surface area contributed by atoms with Gasteiger partial charge >= 0.3 is 0 Å². The highest BCUT2D eigenvalue weighted by Crippen LogP contribution is 2.28. The number of rotatable bonds is 1. The third-order valence-electron chi connectivity index (χ3n) is 2.44. The van der Waals surface area contributed by atoms with Crippen LogP contribution in [0.4, 0.5) is 0 Å². The first-order valence-electron chi connectivity index (χ1n) is 4.75. The lowest BCUT2D eigenvalue weighted by Crippen LogP contribution is -1.99. The molecule has 0 unspecified atom stereocenters. The average Bonchev–Trinajstić information content (AvgIpc) is 2.44. The highest BCUT2D eigenvalue weighted by molar-refractivity contribution is 7.71. The van der Waals surface area contributed by atoms with E-state index in [1.165, 1.54) is 0 Å². The summed E-state index contributed by atoms with van der Waals surface area (Å²) in [4.78, 5) is 0. The zero-order valence-corrected chi connectivity index (χ0v) is 10.5. The molecule has 0 fully saturated rings. The van der Waals surface area contributed by atoms with Crippen molar-refractivity contribution in [3.8, 4) is 11.6 Å². The van der Waals surface area contributed by atoms with Crippen LogP contribution >= 0.6 is 23.8 Å². The zero-order chi connectivity index (χ0) is 11.9. The summed E-state index contributed by atoms with van der Waals surface area (Å²) in [6.45, 7) is 1.93. The highest BCUT2D eigenvalue weighted by Gasteiger charge is 2.12. The van der Waals surface area contributed by atoms with Crippen molar-refractivity contribution >= 4 is 23.8 Å². The van der Waals surface area contributed by atoms with Gasteiger partial charge in [-0.2, -0.15) is 0 Å². The van der Waals surface area contributed by atoms with Gasteiger partial charge in [-0.1, -0.05) is 23.7 Å². The molecule has 0 radical (unpaired) electrons. The molecule has 0 saturated heterocycles. The Bertz CT molecular complexity index is 580. The smallest absolute Gasteiger partial charge is 0.214 e. The van der Waals surface area contributed by atoms with E-state index in [1.807, 2.05) is 19.1 Å². The Labute approximate surface area is 104 Å². The van der Waals surface area contributed by atoms with Gasteiger partial charge in [-0.15, -0.1) is 0 Å². The summed E-state index contributed by atoms with van der Waals surface area (Å²) in [5, 5.41) is 10.4. The van der Waals surface area contributed by atoms with E-state index in [9.17, 15) is 5.11 Å². The van der Waals surface area contributed by atoms with Crippen molar-refractivity contribution in [2.45, 2.75) is 6.92 Å². The van der Waals surface area contributed by atoms with Gasteiger partial charge in [-0.25, -0.2) is 0 Å². The van der Waals surface area contributed by atoms with Gasteiger partial charge in [0.1, 0.15) is 0 Å². The Morgan fingerprint density at radius 2 is 2.06 bits per heavy atom. The fourth-order valence-corrected chi connectivity index (χ4v) is 2.20. The topological polar surface area (TPSA) is 30.1 Å². The van der Waals surface area contributed by atoms with E-state index in [0.29, 0.717) is 9.79 Å². The monoisotopic (exact) mass is 254 g/mol. The van der Waals surface area contributed by atoms with Crippen molar-refractivity contribution in [1.29, 1.82) is 0 Å². The molecule has 1 N–H and O–H groups in total. The molecule has 1 aromatic carbocycles. The maximum Gasteiger partial charge on any atom is 0.214 e. The standard InChI is InChI=1S/C11H11ClN2OS/c1-7-4-3-5-8(12)10(7)14-9(15)6-13(2)11(14)16/h3-6,15H,1-2H3. The number of halogens is 1. The molecule has 0 saturated carbocycles. The summed E-state index contributed by atoms with van der Waals surface area (Å²) in [6, 6.07) is 5.57. The number of benzene rings is 1. The Balaban J connectivity index is 2.82. The quantitative estimate of drug-likeness (QED) is 0.792. The number of hydrogen-bond donors (Lipinski definition) is 1. The molecule has 0 aliphatic rings. The molecule has 2 aromatic rings. The van der Waals surface area contributed by atoms with E-state index in [1.54, 1.807) is 28.4 Å². The predicted molar refractivity (Wildman–Crippen MR) is 67.0 cm³/mol. The second kappa shape index (κ2) is 3.96. The minimum Gasteiger partial charge on any atom is -0.493 e. The second-order valence-corrected chi connectivity index (χ2v) is 4.39. The highest BCUT2D eigenvalue weighted by atomic mass is 35.5. The van der Waals surface area contributed by atoms with Crippen LogP contribution in [0, 0.1) is 11.7 Å². The molecule has 0 spiro atoms. The van der Waals surface area contributed by atoms with E-state index in [-0.39, 0.29) is 5.88 Å². The van der Waals surface area contributed by atoms with Gasteiger partial charge in [-0.3, -0.25) is 4.57 Å². The number of nitrogens with zero attached hydrogens (tertiary/aromatic N) is 2. The van der Waals surface area contributed by atoms with Gasteiger partial charge in [0.2, 0.25) is 5.88 Å². The van der Waals surface area contributed by atoms with Crippen molar-refractivity contribution < 1.29 is 5.11 Å². The maximum atomic E-state index is 9.83. The number of imidazole rings is 1. The number of aromatic hydroxyl groups is 1. The van der Waals surface area contributed by atoms with E-state index >= 15 is 0 Å². The molecule has 1 heterocycles. The van der Waals surface area contributed by atoms with Crippen LogP contribution in [0.25, 0.3) is 5.69 Å². The van der Waals surface area contributed by atoms with E-state index in [0.717, 1.165) is 11.3 Å². The Hall–Kier alpha value is -1.26. The number of aromatic nitrogens is 2. The summed E-state index contributed by atoms with van der Waals surface area (Å²) < 4.78 is 3.74. The molecule has 0 bridgehead atoms. The normalized spacial score (nSPS) is 10.7. The van der Waals surface area contributed by atoms with Gasteiger partial charge in [0, 0.05) is 7.05 Å². The van der Waals surface area contributed by atoms with Crippen molar-refractivity contribution in [1.82, 2.24) is 9.13 Å². The van der Waals surface area contributed by atoms with Crippen LogP contribution in [-0.4, -0.2) is 14.2 Å². The fourth-order valence-electron chi connectivity index (χ4n) is 1.66. The molecule has 16 heavy (non-hydrogen) atoms. The van der Waals surface area contributed by atoms with Crippen LogP contribution in [0.1, 0.15) is 5.56 Å². The molecular weight excluding hydrogens is 244 g/mol. The third-order valence-corrected chi connectivity index (χ3v) is 3.22. The molecule has 0 amide bonds. The second-order valence-electron chi connectivity index (χ2n) is 3.62. The first-order valence-corrected chi connectivity index (χ1v) is 5.54. The first kappa shape index (κ1) is 11.2. The fraction of sp³-hybridized carbons (Fsp3) is 0.182. The predicted octanol–water partition coefficient (Wildman–Crippen LogP) is 3.21. The molecular formula is C11H11ClN2OS. The summed E-state index contributed by atoms with van der Waals surface area (Å²) >= 11 is 11.4. The van der Waals surface area contributed by atoms with E-state index < -0.39 is 0 Å². The molecule has 0 atom stereocenters. The van der Waals surface area contributed by atoms with Crippen LogP contribution in [0.15, 0.2) is 24.4 Å². The lowest BCUT2D eigenvalue weighted by molar-refractivity contribution is 0.441. The number of aryl methyl sites for hydroxylation is 2. The van der Waals surface area contributed by atoms with Crippen molar-refractivity contribution in [2.75, 3.05) is 0 Å². The van der Waals surface area contributed by atoms with Gasteiger partial charge < -0.3 is 9.67 Å². The van der Waals surface area contributed by atoms with Crippen molar-refractivity contribution in [3.05, 3.63) is 39.8 Å². The Kier molecular flexibility index (Phi) is 2.78. The lowest BCUT2D eigenvalue weighted by Gasteiger charge is -2.09. The van der Waals surface area contributed by atoms with Crippen LogP contribution in [-0.2, 0) is 7.05 Å². The zero-order valence-electron chi connectivity index (χ0n) is 8.94. The molecule has 1 aromatic heterocycles. The summed E-state index contributed by atoms with van der Waals surface area (Å²) in [7, 11) is 1.78. The van der Waals surface area contributed by atoms with Crippen LogP contribution in [0.3, 0.4) is 0 Å². The molecule has 0 aliphatic heterocycles. The largest absolute Gasteiger partial charge is 0.493 e. The van der Waals surface area contributed by atoms with E-state index in [2.05, 4.69) is 0 Å². The first-order chi connectivity index (χ1) is 7.52. The minimum atomic E-state index is 0.0868. The van der Waals surface area contributed by atoms with Crippen LogP contribution in [0.2, 0.25) is 5.02 Å². The van der Waals surface area contributed by atoms with Gasteiger partial charge in [0.05, 0.1) is 16.9 Å². The van der Waals surface area contributed by atoms with Crippen molar-refractivity contribution in [2.24, 2.45) is 7.05 Å². The molecule has 2 rings (SSSR count). The maximum absolute atomic E-state index is 9.83. The molecule has 5 heteroatoms. The van der Waals surface area contributed by atoms with Crippen LogP contribution < -0.4 is 0 Å². The number of para-hydroxylation sites is 1. The van der Waals surface area contributed by atoms with Crippen molar-refractivity contribution in [3.63, 3.8) is 0 Å². The third kappa shape index (κ3) is 1.64. The average molecular weight is 255 g/mol. The minimum absolute atomic E-state index is 0.0868. The molecule has 3 nitrogen and oxygen atoms in total. The van der Waals surface area contributed by atoms with Gasteiger partial charge in [0.15, 0.2) is 4.77 Å². The van der Waals surface area contributed by atoms with Crippen LogP contribution in [0.5, 0.6) is 5.88 Å². The van der Waals surface area contributed by atoms with Gasteiger partial charge in [0.25, 0.3) is 0 Å². The summed E-state index contributed by atoms with van der Waals surface area (Å²) in [6.07, 6.45) is 1.56. The van der Waals surface area contributed by atoms with E-state index in [4.69, 9.17) is 23.8 Å². The SMILES string of the molecule is Cc1cccc(Cl)c1-n1c(O)cn(C)c1=S. The lowest BCUT2D eigenvalue weighted by atomic mass is 10.2. The Morgan fingerprint density at radius 3 is 2.56 bits per heavy atom. The summed E-state index contributed by atoms with van der Waals surface area (Å²) in [5.74, 6) is 0.0868.